The van der Waals surface area contributed by atoms with E-state index in [2.05, 4.69) is 30.6 Å². The highest BCUT2D eigenvalue weighted by Gasteiger charge is 2.34. The van der Waals surface area contributed by atoms with Gasteiger partial charge in [0.25, 0.3) is 11.8 Å². The quantitative estimate of drug-likeness (QED) is 0.439. The summed E-state index contributed by atoms with van der Waals surface area (Å²) in [5, 5.41) is 7.91. The molecular weight excluding hydrogens is 457 g/mol. The number of likely N-dealkylation sites (tertiary alicyclic amines) is 1. The normalized spacial score (nSPS) is 14.5. The van der Waals surface area contributed by atoms with E-state index in [1.54, 1.807) is 35.6 Å². The lowest BCUT2D eigenvalue weighted by Gasteiger charge is -2.39. The molecule has 1 fully saturated rings. The zero-order chi connectivity index (χ0) is 23.7. The fourth-order valence-electron chi connectivity index (χ4n) is 3.67. The number of thiophene rings is 1. The van der Waals surface area contributed by atoms with Crippen molar-refractivity contribution in [3.05, 3.63) is 77.1 Å². The van der Waals surface area contributed by atoms with Gasteiger partial charge < -0.3 is 15.5 Å². The standard InChI is InChI=1S/C23H20FN7O2S/c1-13(15-8-16(24)10-26-9-15)27-23-29-18-4-7-34-20(18)19(30-23)22(33)31-11-17(12-31)28-21(32)14-2-5-25-6-3-14/h2-10,13,17H,11-12H2,1H3,(H,28,32)(H,27,29,30)/t13-/m0/s1. The maximum Gasteiger partial charge on any atom is 0.274 e. The van der Waals surface area contributed by atoms with Gasteiger partial charge in [0, 0.05) is 37.2 Å². The van der Waals surface area contributed by atoms with Crippen molar-refractivity contribution in [3.63, 3.8) is 0 Å². The summed E-state index contributed by atoms with van der Waals surface area (Å²) in [6.45, 7) is 2.62. The molecule has 0 aromatic carbocycles. The molecule has 34 heavy (non-hydrogen) atoms. The smallest absolute Gasteiger partial charge is 0.274 e. The van der Waals surface area contributed by atoms with Gasteiger partial charge in [0.2, 0.25) is 5.95 Å². The number of carbonyl (C=O) groups excluding carboxylic acids is 2. The summed E-state index contributed by atoms with van der Waals surface area (Å²) in [6, 6.07) is 6.04. The van der Waals surface area contributed by atoms with Crippen molar-refractivity contribution in [3.8, 4) is 0 Å². The Balaban J connectivity index is 1.29. The Hall–Kier alpha value is -3.99. The number of fused-ring (bicyclic) bond motifs is 1. The minimum Gasteiger partial charge on any atom is -0.348 e. The van der Waals surface area contributed by atoms with Crippen LogP contribution in [-0.4, -0.2) is 55.8 Å². The molecule has 0 spiro atoms. The van der Waals surface area contributed by atoms with Crippen LogP contribution in [0.3, 0.4) is 0 Å². The predicted molar refractivity (Wildman–Crippen MR) is 125 cm³/mol. The van der Waals surface area contributed by atoms with Gasteiger partial charge in [0.1, 0.15) is 5.82 Å². The fourth-order valence-corrected chi connectivity index (χ4v) is 4.48. The van der Waals surface area contributed by atoms with E-state index < -0.39 is 5.82 Å². The molecule has 5 rings (SSSR count). The van der Waals surface area contributed by atoms with Crippen molar-refractivity contribution in [1.82, 2.24) is 30.2 Å². The zero-order valence-electron chi connectivity index (χ0n) is 18.1. The SMILES string of the molecule is C[C@H](Nc1nc(C(=O)N2CC(NC(=O)c3ccncc3)C2)c2sccc2n1)c1cncc(F)c1. The van der Waals surface area contributed by atoms with Crippen molar-refractivity contribution in [1.29, 1.82) is 0 Å². The van der Waals surface area contributed by atoms with Crippen LogP contribution in [0.25, 0.3) is 10.2 Å². The van der Waals surface area contributed by atoms with Gasteiger partial charge in [-0.2, -0.15) is 0 Å². The number of pyridine rings is 2. The van der Waals surface area contributed by atoms with Gasteiger partial charge in [-0.3, -0.25) is 19.6 Å². The van der Waals surface area contributed by atoms with Crippen LogP contribution in [-0.2, 0) is 0 Å². The summed E-state index contributed by atoms with van der Waals surface area (Å²) < 4.78 is 14.2. The fraction of sp³-hybridized carbons (Fsp3) is 0.217. The highest BCUT2D eigenvalue weighted by atomic mass is 32.1. The summed E-state index contributed by atoms with van der Waals surface area (Å²) in [4.78, 5) is 44.0. The monoisotopic (exact) mass is 477 g/mol. The number of hydrogen-bond acceptors (Lipinski definition) is 8. The van der Waals surface area contributed by atoms with Gasteiger partial charge in [-0.05, 0) is 42.1 Å². The summed E-state index contributed by atoms with van der Waals surface area (Å²) in [5.41, 5.74) is 2.11. The number of amides is 2. The topological polar surface area (TPSA) is 113 Å². The van der Waals surface area contributed by atoms with Gasteiger partial charge in [-0.25, -0.2) is 14.4 Å². The van der Waals surface area contributed by atoms with Crippen LogP contribution in [0.4, 0.5) is 10.3 Å². The van der Waals surface area contributed by atoms with E-state index in [-0.39, 0.29) is 29.8 Å². The van der Waals surface area contributed by atoms with Gasteiger partial charge in [0.15, 0.2) is 5.69 Å². The van der Waals surface area contributed by atoms with E-state index in [9.17, 15) is 14.0 Å². The summed E-state index contributed by atoms with van der Waals surface area (Å²) in [5.74, 6) is -0.587. The van der Waals surface area contributed by atoms with E-state index in [1.165, 1.54) is 17.4 Å². The van der Waals surface area contributed by atoms with Crippen LogP contribution in [0.15, 0.2) is 54.4 Å². The van der Waals surface area contributed by atoms with Crippen LogP contribution in [0.5, 0.6) is 0 Å². The molecule has 1 atom stereocenters. The van der Waals surface area contributed by atoms with E-state index >= 15 is 0 Å². The first-order valence-corrected chi connectivity index (χ1v) is 11.5. The zero-order valence-corrected chi connectivity index (χ0v) is 18.9. The first kappa shape index (κ1) is 21.8. The number of anilines is 1. The first-order valence-electron chi connectivity index (χ1n) is 10.6. The summed E-state index contributed by atoms with van der Waals surface area (Å²) >= 11 is 1.39. The molecule has 4 aromatic rings. The Morgan fingerprint density at radius 2 is 1.94 bits per heavy atom. The molecule has 0 radical (unpaired) electrons. The molecule has 1 saturated heterocycles. The van der Waals surface area contributed by atoms with Crippen molar-refractivity contribution < 1.29 is 14.0 Å². The Kier molecular flexibility index (Phi) is 5.84. The average Bonchev–Trinajstić information content (AvgIpc) is 3.29. The number of nitrogens with one attached hydrogen (secondary N) is 2. The first-order chi connectivity index (χ1) is 16.5. The minimum atomic E-state index is -0.431. The van der Waals surface area contributed by atoms with Crippen molar-refractivity contribution >= 4 is 39.3 Å². The molecule has 0 unspecified atom stereocenters. The van der Waals surface area contributed by atoms with Crippen molar-refractivity contribution in [2.75, 3.05) is 18.4 Å². The van der Waals surface area contributed by atoms with Crippen molar-refractivity contribution in [2.45, 2.75) is 19.0 Å². The van der Waals surface area contributed by atoms with Crippen LogP contribution in [0, 0.1) is 5.82 Å². The van der Waals surface area contributed by atoms with Gasteiger partial charge in [-0.15, -0.1) is 11.3 Å². The molecule has 172 valence electrons. The second-order valence-corrected chi connectivity index (χ2v) is 8.87. The van der Waals surface area contributed by atoms with E-state index in [0.29, 0.717) is 40.1 Å². The highest BCUT2D eigenvalue weighted by Crippen LogP contribution is 2.27. The second kappa shape index (κ2) is 9.10. The molecule has 0 aliphatic carbocycles. The van der Waals surface area contributed by atoms with Crippen LogP contribution in [0.1, 0.15) is 39.4 Å². The molecular formula is C23H20FN7O2S. The van der Waals surface area contributed by atoms with Gasteiger partial charge >= 0.3 is 0 Å². The highest BCUT2D eigenvalue weighted by molar-refractivity contribution is 7.17. The molecule has 11 heteroatoms. The van der Waals surface area contributed by atoms with E-state index in [1.807, 2.05) is 18.4 Å². The minimum absolute atomic E-state index is 0.136. The third-order valence-electron chi connectivity index (χ3n) is 5.52. The molecule has 1 aliphatic heterocycles. The number of halogens is 1. The number of rotatable bonds is 6. The average molecular weight is 478 g/mol. The molecule has 5 heterocycles. The molecule has 4 aromatic heterocycles. The lowest BCUT2D eigenvalue weighted by Crippen LogP contribution is -2.61. The lowest BCUT2D eigenvalue weighted by molar-refractivity contribution is 0.0539. The maximum atomic E-state index is 13.5. The maximum absolute atomic E-state index is 13.5. The van der Waals surface area contributed by atoms with Crippen LogP contribution in [0.2, 0.25) is 0 Å². The molecule has 9 nitrogen and oxygen atoms in total. The second-order valence-electron chi connectivity index (χ2n) is 7.95. The Bertz CT molecular complexity index is 1360. The Morgan fingerprint density at radius 1 is 1.15 bits per heavy atom. The summed E-state index contributed by atoms with van der Waals surface area (Å²) in [6.07, 6.45) is 5.82. The molecule has 1 aliphatic rings. The van der Waals surface area contributed by atoms with Crippen molar-refractivity contribution in [2.24, 2.45) is 0 Å². The molecule has 0 bridgehead atoms. The molecule has 0 saturated carbocycles. The Labute approximate surface area is 198 Å². The third kappa shape index (κ3) is 4.42. The number of aromatic nitrogens is 4. The van der Waals surface area contributed by atoms with Crippen LogP contribution >= 0.6 is 11.3 Å². The predicted octanol–water partition coefficient (Wildman–Crippen LogP) is 3.05. The van der Waals surface area contributed by atoms with Crippen LogP contribution < -0.4 is 10.6 Å². The van der Waals surface area contributed by atoms with Gasteiger partial charge in [-0.1, -0.05) is 0 Å². The van der Waals surface area contributed by atoms with E-state index in [4.69, 9.17) is 0 Å². The largest absolute Gasteiger partial charge is 0.348 e. The Morgan fingerprint density at radius 3 is 2.71 bits per heavy atom. The summed E-state index contributed by atoms with van der Waals surface area (Å²) in [7, 11) is 0. The number of carbonyl (C=O) groups is 2. The lowest BCUT2D eigenvalue weighted by atomic mass is 10.1. The number of hydrogen-bond donors (Lipinski definition) is 2. The molecule has 2 amide bonds. The number of nitrogens with zero attached hydrogens (tertiary/aromatic N) is 5. The van der Waals surface area contributed by atoms with E-state index in [0.717, 1.165) is 6.20 Å². The molecule has 2 N–H and O–H groups in total. The third-order valence-corrected chi connectivity index (χ3v) is 6.43. The van der Waals surface area contributed by atoms with Gasteiger partial charge in [0.05, 0.1) is 28.5 Å².